The van der Waals surface area contributed by atoms with Crippen molar-refractivity contribution in [3.8, 4) is 85.3 Å². The number of nitrogens with one attached hydrogen (secondary N) is 2. The van der Waals surface area contributed by atoms with Gasteiger partial charge in [0.1, 0.15) is 51.8 Å². The third-order valence-corrected chi connectivity index (χ3v) is 20.8. The molecule has 13 heterocycles. The number of likely N-dealkylation sites (N-methyl/N-ethyl adjacent to an activating group) is 2. The minimum atomic E-state index is -0.487. The summed E-state index contributed by atoms with van der Waals surface area (Å²) in [5, 5.41) is 6.61. The summed E-state index contributed by atoms with van der Waals surface area (Å²) in [5.41, 5.74) is 10.3. The quantitative estimate of drug-likeness (QED) is 0.0910. The first-order valence-electron chi connectivity index (χ1n) is 37.2. The van der Waals surface area contributed by atoms with Gasteiger partial charge in [-0.1, -0.05) is 6.07 Å². The fourth-order valence-electron chi connectivity index (χ4n) is 14.2. The summed E-state index contributed by atoms with van der Waals surface area (Å²) in [6.45, 7) is 12.7. The monoisotopic (exact) mass is 1520 g/mol. The largest absolute Gasteiger partial charge is 0.494 e. The third-order valence-electron chi connectivity index (χ3n) is 20.8. The highest BCUT2D eigenvalue weighted by Crippen LogP contribution is 2.35. The van der Waals surface area contributed by atoms with E-state index in [1.165, 1.54) is 50.6 Å². The first-order valence-corrected chi connectivity index (χ1v) is 37.2. The number of anilines is 2. The molecule has 2 N–H and O–H groups in total. The van der Waals surface area contributed by atoms with Crippen molar-refractivity contribution in [3.05, 3.63) is 224 Å². The maximum absolute atomic E-state index is 14.0. The molecule has 27 nitrogen and oxygen atoms in total. The van der Waals surface area contributed by atoms with Gasteiger partial charge in [0.2, 0.25) is 0 Å². The van der Waals surface area contributed by atoms with Gasteiger partial charge in [-0.05, 0) is 175 Å². The standard InChI is InChI=1S/C22H23N5O2.C22H25N3O4.C20H21FN4O2.C20H21N3O4/c1-14-12-26(9-8-25(14)3)17-5-7-21-24-19(11-22(28)27(21)13-17)16-4-6-18-20(10-16)29-15(2)23-18;1-24-10-8-16(9-11-24)29-17-5-7-21-23-18(13-22(26)25(21)14-17)15-4-6-19(27-2)20(12-15)28-3;1-24(14-7-8-22-11-14)15-4-6-19-23-17(10-20(26)25(19)12-15)13-3-5-18(27-2)16(21)9-13;1-25-17-5-3-13(9-18(17)26-2)16-10-20(24)23-12-15(4-6-19(23)22-16)27-14-7-8-21-11-14/h4-7,10-11,13-14H,8-9,12H2,1-3H3;4-7,12-14,16H,8-11H2,1-3H3;3-6,9-10,12,14,22H,7-8,11H2,1-2H3;3-6,9-10,12,14,21H,7-8,11H2,1-2H3/t14-;;2*14-/m0.10/s1. The average Bonchev–Trinajstić information content (AvgIpc) is 1.50. The Morgan fingerprint density at radius 2 is 0.946 bits per heavy atom. The van der Waals surface area contributed by atoms with Crippen molar-refractivity contribution in [2.75, 3.05) is 125 Å². The van der Waals surface area contributed by atoms with Crippen molar-refractivity contribution in [3.63, 3.8) is 0 Å². The number of likely N-dealkylation sites (tertiary alicyclic amines) is 1. The number of rotatable bonds is 16. The lowest BCUT2D eigenvalue weighted by molar-refractivity contribution is 0.114. The number of pyridine rings is 4. The normalized spacial score (nSPS) is 16.6. The van der Waals surface area contributed by atoms with E-state index in [2.05, 4.69) is 71.2 Å². The number of oxazole rings is 1. The van der Waals surface area contributed by atoms with Crippen LogP contribution in [-0.2, 0) is 0 Å². The predicted molar refractivity (Wildman–Crippen MR) is 430 cm³/mol. The van der Waals surface area contributed by atoms with Gasteiger partial charge in [0.05, 0.1) is 82.1 Å². The molecule has 4 aliphatic heterocycles. The van der Waals surface area contributed by atoms with Crippen molar-refractivity contribution in [2.45, 2.75) is 63.8 Å². The Labute approximate surface area is 645 Å². The molecule has 0 spiro atoms. The molecule has 0 bridgehead atoms. The summed E-state index contributed by atoms with van der Waals surface area (Å²) in [7, 11) is 14.0. The molecular weight excluding hydrogens is 1430 g/mol. The molecule has 580 valence electrons. The van der Waals surface area contributed by atoms with Crippen LogP contribution in [0.1, 0.15) is 38.5 Å². The molecule has 4 aromatic carbocycles. The SMILES string of the molecule is COc1ccc(-c2cc(=O)n3cc(N(C)[C@@H]4CCNC4)ccc3n2)cc1F.COc1ccc(-c2cc(=O)n3cc(OC4CCN(C)CC4)ccc3n2)cc1OC.COc1ccc(-c2cc(=O)n3cc(O[C@H]4CCNC4)ccc3n2)cc1OC.Cc1nc2ccc(-c3cc(=O)n4cc(N5CCN(C)[C@@H](C)C5)ccc4n3)cc2o1. The first kappa shape index (κ1) is 76.5. The molecule has 28 heteroatoms. The topological polar surface area (TPSA) is 265 Å². The number of benzene rings is 4. The maximum Gasteiger partial charge on any atom is 0.258 e. The van der Waals surface area contributed by atoms with E-state index in [4.69, 9.17) is 42.6 Å². The van der Waals surface area contributed by atoms with Gasteiger partial charge in [-0.15, -0.1) is 0 Å². The maximum atomic E-state index is 14.0. The second kappa shape index (κ2) is 33.9. The number of fused-ring (bicyclic) bond motifs is 5. The number of hydrogen-bond donors (Lipinski definition) is 2. The van der Waals surface area contributed by atoms with Crippen molar-refractivity contribution in [1.29, 1.82) is 0 Å². The lowest BCUT2D eigenvalue weighted by atomic mass is 10.1. The summed E-state index contributed by atoms with van der Waals surface area (Å²) in [6.07, 6.45) is 11.4. The number of nitrogens with zero attached hydrogens (tertiary/aromatic N) is 13. The van der Waals surface area contributed by atoms with Crippen molar-refractivity contribution >= 4 is 45.1 Å². The van der Waals surface area contributed by atoms with Gasteiger partial charge >= 0.3 is 0 Å². The van der Waals surface area contributed by atoms with E-state index in [0.717, 1.165) is 118 Å². The number of ether oxygens (including phenoxy) is 7. The van der Waals surface area contributed by atoms with Crippen molar-refractivity contribution in [2.24, 2.45) is 0 Å². The van der Waals surface area contributed by atoms with Crippen LogP contribution in [0.4, 0.5) is 15.8 Å². The zero-order valence-corrected chi connectivity index (χ0v) is 64.3. The molecule has 9 aromatic heterocycles. The fourth-order valence-corrected chi connectivity index (χ4v) is 14.2. The zero-order valence-electron chi connectivity index (χ0n) is 64.3. The van der Waals surface area contributed by atoms with Gasteiger partial charge in [-0.25, -0.2) is 29.3 Å². The number of hydrogen-bond acceptors (Lipinski definition) is 23. The summed E-state index contributed by atoms with van der Waals surface area (Å²) in [4.78, 5) is 82.8. The fraction of sp³-hybridized carbons (Fsp3) is 0.321. The number of methoxy groups -OCH3 is 5. The molecule has 13 aromatic rings. The van der Waals surface area contributed by atoms with E-state index in [9.17, 15) is 23.6 Å². The van der Waals surface area contributed by atoms with Crippen LogP contribution in [-0.4, -0.2) is 192 Å². The Bertz CT molecular complexity index is 5830. The minimum Gasteiger partial charge on any atom is -0.494 e. The molecule has 0 aliphatic carbocycles. The number of aryl methyl sites for hydroxylation is 1. The lowest BCUT2D eigenvalue weighted by Crippen LogP contribution is -2.50. The van der Waals surface area contributed by atoms with E-state index in [1.807, 2.05) is 105 Å². The molecule has 4 saturated heterocycles. The number of piperidine rings is 1. The molecule has 0 radical (unpaired) electrons. The molecule has 3 atom stereocenters. The first-order chi connectivity index (χ1) is 54.3. The molecular formula is C84H90FN15O12. The Kier molecular flexibility index (Phi) is 23.2. The smallest absolute Gasteiger partial charge is 0.258 e. The molecule has 17 rings (SSSR count). The third kappa shape index (κ3) is 17.2. The number of halogens is 1. The van der Waals surface area contributed by atoms with Crippen LogP contribution in [0.2, 0.25) is 0 Å². The molecule has 0 amide bonds. The van der Waals surface area contributed by atoms with Crippen LogP contribution in [0, 0.1) is 12.7 Å². The zero-order chi connectivity index (χ0) is 78.3. The van der Waals surface area contributed by atoms with Crippen LogP contribution in [0.25, 0.3) is 78.7 Å². The molecule has 0 unspecified atom stereocenters. The van der Waals surface area contributed by atoms with E-state index >= 15 is 0 Å². The Hall–Kier alpha value is -12.2. The Morgan fingerprint density at radius 3 is 1.46 bits per heavy atom. The number of aromatic nitrogens is 9. The minimum absolute atomic E-state index is 0.0946. The van der Waals surface area contributed by atoms with Crippen LogP contribution in [0.5, 0.6) is 40.2 Å². The van der Waals surface area contributed by atoms with Gasteiger partial charge in [0.15, 0.2) is 46.0 Å². The Balaban J connectivity index is 0.000000124. The second-order valence-corrected chi connectivity index (χ2v) is 28.1. The highest BCUT2D eigenvalue weighted by molar-refractivity contribution is 5.80. The van der Waals surface area contributed by atoms with Gasteiger partial charge in [-0.3, -0.25) is 36.8 Å². The van der Waals surface area contributed by atoms with Crippen LogP contribution in [0.3, 0.4) is 0 Å². The number of piperazine rings is 1. The van der Waals surface area contributed by atoms with Gasteiger partial charge in [0.25, 0.3) is 22.2 Å². The molecule has 112 heavy (non-hydrogen) atoms. The van der Waals surface area contributed by atoms with E-state index in [-0.39, 0.29) is 40.2 Å². The van der Waals surface area contributed by atoms with E-state index < -0.39 is 5.82 Å². The highest BCUT2D eigenvalue weighted by atomic mass is 19.1. The average molecular weight is 1520 g/mol. The summed E-state index contributed by atoms with van der Waals surface area (Å²) in [6, 6.07) is 43.2. The van der Waals surface area contributed by atoms with Gasteiger partial charge in [0, 0.05) is 131 Å². The molecule has 4 aliphatic rings. The van der Waals surface area contributed by atoms with Crippen molar-refractivity contribution < 1.29 is 42.0 Å². The van der Waals surface area contributed by atoms with Crippen LogP contribution >= 0.6 is 0 Å². The van der Waals surface area contributed by atoms with Gasteiger partial charge < -0.3 is 67.8 Å². The van der Waals surface area contributed by atoms with Crippen molar-refractivity contribution in [1.82, 2.24) is 63.0 Å². The van der Waals surface area contributed by atoms with Crippen LogP contribution < -0.4 is 75.8 Å². The highest BCUT2D eigenvalue weighted by Gasteiger charge is 2.25. The van der Waals surface area contributed by atoms with E-state index in [1.54, 1.807) is 81.8 Å². The second-order valence-electron chi connectivity index (χ2n) is 28.1. The summed E-state index contributed by atoms with van der Waals surface area (Å²) in [5.74, 6) is 4.08. The molecule has 4 fully saturated rings. The summed E-state index contributed by atoms with van der Waals surface area (Å²) >= 11 is 0. The van der Waals surface area contributed by atoms with Gasteiger partial charge in [-0.2, -0.15) is 0 Å². The molecule has 0 saturated carbocycles. The van der Waals surface area contributed by atoms with E-state index in [0.29, 0.717) is 109 Å². The van der Waals surface area contributed by atoms with Crippen LogP contribution in [0.15, 0.2) is 194 Å². The predicted octanol–water partition coefficient (Wildman–Crippen LogP) is 10.2. The Morgan fingerprint density at radius 1 is 0.473 bits per heavy atom. The summed E-state index contributed by atoms with van der Waals surface area (Å²) < 4.78 is 64.0. The lowest BCUT2D eigenvalue weighted by Gasteiger charge is -2.39.